The Bertz CT molecular complexity index is 233. The largest absolute Gasteiger partial charge is 0.206 e. The third kappa shape index (κ3) is 1.68. The van der Waals surface area contributed by atoms with Crippen molar-refractivity contribution in [3.05, 3.63) is 33.1 Å². The molecule has 1 aromatic carbocycles. The fourth-order valence-corrected chi connectivity index (χ4v) is 1.34. The molecule has 0 aliphatic heterocycles. The molecule has 1 aromatic rings. The Hall–Kier alpha value is -0.120. The standard InChI is InChI=1S/C8H8FI/c1-2-6-3-4-7(9)8(10)5-6/h3-5H,2H2,1H3. The molecular formula is C8H8FI. The summed E-state index contributed by atoms with van der Waals surface area (Å²) in [5.74, 6) is -0.127. The van der Waals surface area contributed by atoms with Gasteiger partial charge in [0.2, 0.25) is 0 Å². The smallest absolute Gasteiger partial charge is 0.136 e. The van der Waals surface area contributed by atoms with Crippen LogP contribution >= 0.6 is 22.6 Å². The molecule has 0 nitrogen and oxygen atoms in total. The van der Waals surface area contributed by atoms with Crippen LogP contribution in [0, 0.1) is 9.39 Å². The molecule has 0 atom stereocenters. The van der Waals surface area contributed by atoms with E-state index in [0.29, 0.717) is 3.57 Å². The molecule has 0 amide bonds. The second-order valence-electron chi connectivity index (χ2n) is 2.10. The fraction of sp³-hybridized carbons (Fsp3) is 0.250. The first-order valence-electron chi connectivity index (χ1n) is 3.18. The van der Waals surface area contributed by atoms with Gasteiger partial charge in [0.05, 0.1) is 0 Å². The summed E-state index contributed by atoms with van der Waals surface area (Å²) < 4.78 is 13.3. The quantitative estimate of drug-likeness (QED) is 0.672. The minimum absolute atomic E-state index is 0.127. The molecule has 0 bridgehead atoms. The Kier molecular flexibility index (Phi) is 2.65. The van der Waals surface area contributed by atoms with Gasteiger partial charge in [-0.3, -0.25) is 0 Å². The minimum atomic E-state index is -0.127. The van der Waals surface area contributed by atoms with E-state index >= 15 is 0 Å². The van der Waals surface area contributed by atoms with E-state index in [1.54, 1.807) is 0 Å². The van der Waals surface area contributed by atoms with Crippen molar-refractivity contribution in [3.8, 4) is 0 Å². The number of hydrogen-bond acceptors (Lipinski definition) is 0. The van der Waals surface area contributed by atoms with E-state index in [2.05, 4.69) is 6.92 Å². The summed E-state index contributed by atoms with van der Waals surface area (Å²) in [6, 6.07) is 5.20. The minimum Gasteiger partial charge on any atom is -0.206 e. The highest BCUT2D eigenvalue weighted by atomic mass is 127. The molecule has 0 saturated carbocycles. The van der Waals surface area contributed by atoms with Crippen molar-refractivity contribution < 1.29 is 4.39 Å². The van der Waals surface area contributed by atoms with Crippen LogP contribution in [-0.4, -0.2) is 0 Å². The van der Waals surface area contributed by atoms with Crippen molar-refractivity contribution in [2.45, 2.75) is 13.3 Å². The topological polar surface area (TPSA) is 0 Å². The Morgan fingerprint density at radius 1 is 1.50 bits per heavy atom. The molecular weight excluding hydrogens is 242 g/mol. The van der Waals surface area contributed by atoms with Crippen molar-refractivity contribution >= 4 is 22.6 Å². The molecule has 54 valence electrons. The first kappa shape index (κ1) is 7.98. The molecule has 0 N–H and O–H groups in total. The van der Waals surface area contributed by atoms with E-state index < -0.39 is 0 Å². The zero-order valence-corrected chi connectivity index (χ0v) is 7.85. The van der Waals surface area contributed by atoms with Crippen LogP contribution in [0.3, 0.4) is 0 Å². The molecule has 0 aliphatic carbocycles. The summed E-state index contributed by atoms with van der Waals surface area (Å²) in [5, 5.41) is 0. The average molecular weight is 250 g/mol. The van der Waals surface area contributed by atoms with Gasteiger partial charge in [0, 0.05) is 3.57 Å². The van der Waals surface area contributed by atoms with Crippen LogP contribution in [0.4, 0.5) is 4.39 Å². The molecule has 0 aliphatic rings. The third-order valence-electron chi connectivity index (χ3n) is 1.39. The van der Waals surface area contributed by atoms with Crippen molar-refractivity contribution in [1.82, 2.24) is 0 Å². The Morgan fingerprint density at radius 2 is 2.20 bits per heavy atom. The fourth-order valence-electron chi connectivity index (χ4n) is 0.760. The number of halogens is 2. The van der Waals surface area contributed by atoms with Gasteiger partial charge >= 0.3 is 0 Å². The number of hydrogen-bond donors (Lipinski definition) is 0. The normalized spacial score (nSPS) is 9.90. The maximum absolute atomic E-state index is 12.6. The predicted octanol–water partition coefficient (Wildman–Crippen LogP) is 2.99. The van der Waals surface area contributed by atoms with Gasteiger partial charge in [0.1, 0.15) is 5.82 Å². The third-order valence-corrected chi connectivity index (χ3v) is 2.22. The second-order valence-corrected chi connectivity index (χ2v) is 3.26. The Morgan fingerprint density at radius 3 is 2.70 bits per heavy atom. The molecule has 0 saturated heterocycles. The molecule has 0 fully saturated rings. The van der Waals surface area contributed by atoms with E-state index in [1.165, 1.54) is 11.6 Å². The van der Waals surface area contributed by atoms with Gasteiger partial charge in [-0.15, -0.1) is 0 Å². The summed E-state index contributed by atoms with van der Waals surface area (Å²) in [5.41, 5.74) is 1.19. The van der Waals surface area contributed by atoms with Gasteiger partial charge in [-0.05, 0) is 46.7 Å². The van der Waals surface area contributed by atoms with Crippen LogP contribution in [0.2, 0.25) is 0 Å². The number of benzene rings is 1. The molecule has 0 heterocycles. The molecule has 2 heteroatoms. The summed E-state index contributed by atoms with van der Waals surface area (Å²) in [6.45, 7) is 2.06. The van der Waals surface area contributed by atoms with Gasteiger partial charge in [-0.25, -0.2) is 4.39 Å². The monoisotopic (exact) mass is 250 g/mol. The highest BCUT2D eigenvalue weighted by Gasteiger charge is 1.97. The summed E-state index contributed by atoms with van der Waals surface area (Å²) in [7, 11) is 0. The zero-order chi connectivity index (χ0) is 7.56. The van der Waals surface area contributed by atoms with E-state index in [9.17, 15) is 4.39 Å². The molecule has 1 rings (SSSR count). The van der Waals surface area contributed by atoms with Crippen LogP contribution in [0.1, 0.15) is 12.5 Å². The van der Waals surface area contributed by atoms with Gasteiger partial charge in [-0.1, -0.05) is 13.0 Å². The van der Waals surface area contributed by atoms with Gasteiger partial charge in [0.25, 0.3) is 0 Å². The lowest BCUT2D eigenvalue weighted by Crippen LogP contribution is -1.84. The maximum atomic E-state index is 12.6. The van der Waals surface area contributed by atoms with Crippen molar-refractivity contribution in [2.75, 3.05) is 0 Å². The molecule has 0 radical (unpaired) electrons. The van der Waals surface area contributed by atoms with Crippen LogP contribution < -0.4 is 0 Å². The van der Waals surface area contributed by atoms with Gasteiger partial charge in [-0.2, -0.15) is 0 Å². The lowest BCUT2D eigenvalue weighted by atomic mass is 10.2. The van der Waals surface area contributed by atoms with Crippen LogP contribution in [-0.2, 0) is 6.42 Å². The SMILES string of the molecule is CCc1ccc(F)c(I)c1. The van der Waals surface area contributed by atoms with E-state index in [0.717, 1.165) is 6.42 Å². The van der Waals surface area contributed by atoms with Crippen LogP contribution in [0.5, 0.6) is 0 Å². The van der Waals surface area contributed by atoms with Crippen molar-refractivity contribution in [1.29, 1.82) is 0 Å². The second kappa shape index (κ2) is 3.32. The highest BCUT2D eigenvalue weighted by Crippen LogP contribution is 2.12. The number of aryl methyl sites for hydroxylation is 1. The maximum Gasteiger partial charge on any atom is 0.136 e. The molecule has 0 spiro atoms. The number of rotatable bonds is 1. The predicted molar refractivity (Wildman–Crippen MR) is 48.5 cm³/mol. The van der Waals surface area contributed by atoms with Crippen molar-refractivity contribution in [3.63, 3.8) is 0 Å². The summed E-state index contributed by atoms with van der Waals surface area (Å²) in [6.07, 6.45) is 0.969. The molecule has 10 heavy (non-hydrogen) atoms. The highest BCUT2D eigenvalue weighted by molar-refractivity contribution is 14.1. The first-order chi connectivity index (χ1) is 4.74. The van der Waals surface area contributed by atoms with E-state index in [1.807, 2.05) is 34.7 Å². The van der Waals surface area contributed by atoms with E-state index in [4.69, 9.17) is 0 Å². The lowest BCUT2D eigenvalue weighted by molar-refractivity contribution is 0.619. The van der Waals surface area contributed by atoms with Crippen LogP contribution in [0.15, 0.2) is 18.2 Å². The van der Waals surface area contributed by atoms with Crippen molar-refractivity contribution in [2.24, 2.45) is 0 Å². The zero-order valence-electron chi connectivity index (χ0n) is 5.70. The molecule has 0 aromatic heterocycles. The Labute approximate surface area is 73.6 Å². The lowest BCUT2D eigenvalue weighted by Gasteiger charge is -1.97. The van der Waals surface area contributed by atoms with Crippen LogP contribution in [0.25, 0.3) is 0 Å². The van der Waals surface area contributed by atoms with E-state index in [-0.39, 0.29) is 5.82 Å². The average Bonchev–Trinajstić information content (AvgIpc) is 1.95. The summed E-state index contributed by atoms with van der Waals surface area (Å²) >= 11 is 2.00. The van der Waals surface area contributed by atoms with Gasteiger partial charge in [0.15, 0.2) is 0 Å². The summed E-state index contributed by atoms with van der Waals surface area (Å²) in [4.78, 5) is 0. The first-order valence-corrected chi connectivity index (χ1v) is 4.26. The Balaban J connectivity index is 3.04. The van der Waals surface area contributed by atoms with Gasteiger partial charge < -0.3 is 0 Å². The molecule has 0 unspecified atom stereocenters.